The molecule has 0 bridgehead atoms. The number of hydrogen-bond donors (Lipinski definition) is 0. The van der Waals surface area contributed by atoms with Gasteiger partial charge in [-0.3, -0.25) is 4.90 Å². The first-order valence-corrected chi connectivity index (χ1v) is 17.2. The Morgan fingerprint density at radius 2 is 1.94 bits per heavy atom. The third-order valence-electron chi connectivity index (χ3n) is 6.56. The number of amides is 1. The minimum absolute atomic E-state index is 0.236. The van der Waals surface area contributed by atoms with E-state index in [0.717, 1.165) is 59.1 Å². The molecule has 0 aromatic carbocycles. The third kappa shape index (κ3) is 6.19. The van der Waals surface area contributed by atoms with Crippen molar-refractivity contribution >= 4 is 53.7 Å². The lowest BCUT2D eigenvalue weighted by atomic mass is 9.87. The summed E-state index contributed by atoms with van der Waals surface area (Å²) in [6, 6.07) is 1.15. The van der Waals surface area contributed by atoms with Gasteiger partial charge < -0.3 is 18.9 Å². The van der Waals surface area contributed by atoms with Crippen molar-refractivity contribution in [3.8, 4) is 0 Å². The maximum absolute atomic E-state index is 12.8. The average molecular weight is 612 g/mol. The van der Waals surface area contributed by atoms with E-state index in [9.17, 15) is 4.79 Å². The highest BCUT2D eigenvalue weighted by Gasteiger charge is 2.44. The zero-order valence-electron chi connectivity index (χ0n) is 21.8. The summed E-state index contributed by atoms with van der Waals surface area (Å²) in [4.78, 5) is 26.7. The SMILES string of the molecule is CC(C)(C)OC(=O)N1CC=CC12CCN(c1cnc3c(n1)c(I)cn3COCC[Si](C)(C)C)CC2. The van der Waals surface area contributed by atoms with E-state index in [2.05, 4.69) is 65.5 Å². The van der Waals surface area contributed by atoms with Crippen LogP contribution in [0.2, 0.25) is 25.7 Å². The lowest BCUT2D eigenvalue weighted by Gasteiger charge is -2.44. The molecule has 1 spiro atoms. The van der Waals surface area contributed by atoms with Crippen molar-refractivity contribution < 1.29 is 14.3 Å². The largest absolute Gasteiger partial charge is 0.444 e. The number of halogens is 1. The zero-order chi connectivity index (χ0) is 25.4. The topological polar surface area (TPSA) is 72.7 Å². The van der Waals surface area contributed by atoms with Gasteiger partial charge in [-0.15, -0.1) is 0 Å². The minimum Gasteiger partial charge on any atom is -0.444 e. The van der Waals surface area contributed by atoms with Gasteiger partial charge in [-0.05, 0) is 62.2 Å². The van der Waals surface area contributed by atoms with E-state index in [1.807, 2.05) is 36.4 Å². The van der Waals surface area contributed by atoms with Crippen LogP contribution in [0, 0.1) is 3.57 Å². The first-order chi connectivity index (χ1) is 16.4. The number of ether oxygens (including phenoxy) is 2. The minimum atomic E-state index is -1.11. The Labute approximate surface area is 223 Å². The second-order valence-electron chi connectivity index (χ2n) is 11.8. The molecule has 4 heterocycles. The van der Waals surface area contributed by atoms with Crippen molar-refractivity contribution in [3.05, 3.63) is 28.1 Å². The molecule has 192 valence electrons. The standard InChI is InChI=1S/C25H38IN5O3Si/c1-24(2,3)34-23(32)31-11-7-8-25(31)9-12-29(13-10-25)20-16-27-22-21(28-20)19(26)17-30(22)18-33-14-15-35(4,5)6/h7-8,16-17H,9-15,18H2,1-6H3. The Balaban J connectivity index is 1.42. The molecule has 2 aromatic heterocycles. The van der Waals surface area contributed by atoms with Crippen molar-refractivity contribution in [3.63, 3.8) is 0 Å². The summed E-state index contributed by atoms with van der Waals surface area (Å²) in [5, 5.41) is 0. The maximum Gasteiger partial charge on any atom is 0.411 e. The first kappa shape index (κ1) is 26.4. The van der Waals surface area contributed by atoms with E-state index < -0.39 is 13.7 Å². The molecule has 0 unspecified atom stereocenters. The Kier molecular flexibility index (Phi) is 7.55. The highest BCUT2D eigenvalue weighted by Crippen LogP contribution is 2.36. The highest BCUT2D eigenvalue weighted by molar-refractivity contribution is 14.1. The second kappa shape index (κ2) is 10.0. The van der Waals surface area contributed by atoms with Crippen LogP contribution in [0.15, 0.2) is 24.5 Å². The van der Waals surface area contributed by atoms with Gasteiger partial charge in [-0.25, -0.2) is 14.8 Å². The predicted molar refractivity (Wildman–Crippen MR) is 151 cm³/mol. The van der Waals surface area contributed by atoms with Crippen LogP contribution in [0.3, 0.4) is 0 Å². The van der Waals surface area contributed by atoms with Gasteiger partial charge in [-0.1, -0.05) is 31.8 Å². The van der Waals surface area contributed by atoms with Gasteiger partial charge in [0.2, 0.25) is 0 Å². The molecule has 2 aromatic rings. The van der Waals surface area contributed by atoms with Crippen LogP contribution >= 0.6 is 22.6 Å². The van der Waals surface area contributed by atoms with E-state index >= 15 is 0 Å². The van der Waals surface area contributed by atoms with Crippen molar-refractivity contribution in [2.45, 2.75) is 77.2 Å². The third-order valence-corrected chi connectivity index (χ3v) is 9.05. The number of hydrogen-bond acceptors (Lipinski definition) is 6. The van der Waals surface area contributed by atoms with Crippen LogP contribution < -0.4 is 4.90 Å². The number of aromatic nitrogens is 3. The maximum atomic E-state index is 12.8. The van der Waals surface area contributed by atoms with Gasteiger partial charge in [0.05, 0.1) is 15.3 Å². The van der Waals surface area contributed by atoms with Crippen LogP contribution in [-0.4, -0.2) is 71.0 Å². The summed E-state index contributed by atoms with van der Waals surface area (Å²) in [6.45, 7) is 16.3. The highest BCUT2D eigenvalue weighted by atomic mass is 127. The van der Waals surface area contributed by atoms with Gasteiger partial charge in [-0.2, -0.15) is 0 Å². The molecule has 2 aliphatic heterocycles. The second-order valence-corrected chi connectivity index (χ2v) is 18.6. The molecular weight excluding hydrogens is 573 g/mol. The molecule has 0 aliphatic carbocycles. The van der Waals surface area contributed by atoms with Crippen molar-refractivity contribution in [1.29, 1.82) is 0 Å². The lowest BCUT2D eigenvalue weighted by Crippen LogP contribution is -2.55. The van der Waals surface area contributed by atoms with Gasteiger partial charge >= 0.3 is 6.09 Å². The molecule has 4 rings (SSSR count). The number of nitrogens with zero attached hydrogens (tertiary/aromatic N) is 5. The summed E-state index contributed by atoms with van der Waals surface area (Å²) < 4.78 is 14.7. The molecule has 8 nitrogen and oxygen atoms in total. The van der Waals surface area contributed by atoms with E-state index in [-0.39, 0.29) is 11.6 Å². The van der Waals surface area contributed by atoms with Crippen molar-refractivity contribution in [2.24, 2.45) is 0 Å². The average Bonchev–Trinajstić information content (AvgIpc) is 3.31. The Morgan fingerprint density at radius 1 is 1.23 bits per heavy atom. The number of carbonyl (C=O) groups excluding carboxylic acids is 1. The summed E-state index contributed by atoms with van der Waals surface area (Å²) in [5.41, 5.74) is 0.990. The normalized spacial score (nSPS) is 18.1. The zero-order valence-corrected chi connectivity index (χ0v) is 25.0. The van der Waals surface area contributed by atoms with E-state index in [1.54, 1.807) is 0 Å². The molecule has 10 heteroatoms. The number of anilines is 1. The van der Waals surface area contributed by atoms with Crippen LogP contribution in [0.4, 0.5) is 10.6 Å². The van der Waals surface area contributed by atoms with E-state index in [1.165, 1.54) is 0 Å². The summed E-state index contributed by atoms with van der Waals surface area (Å²) in [6.07, 6.45) is 9.65. The monoisotopic (exact) mass is 611 g/mol. The summed E-state index contributed by atoms with van der Waals surface area (Å²) >= 11 is 2.33. The Bertz CT molecular complexity index is 1100. The van der Waals surface area contributed by atoms with Gasteiger partial charge in [0, 0.05) is 40.5 Å². The van der Waals surface area contributed by atoms with Crippen molar-refractivity contribution in [2.75, 3.05) is 31.1 Å². The number of fused-ring (bicyclic) bond motifs is 1. The Morgan fingerprint density at radius 3 is 2.60 bits per heavy atom. The first-order valence-electron chi connectivity index (χ1n) is 12.4. The number of rotatable bonds is 6. The number of piperidine rings is 1. The molecule has 35 heavy (non-hydrogen) atoms. The van der Waals surface area contributed by atoms with Crippen LogP contribution in [0.1, 0.15) is 33.6 Å². The molecule has 1 saturated heterocycles. The molecule has 2 aliphatic rings. The van der Waals surface area contributed by atoms with Gasteiger partial charge in [0.1, 0.15) is 23.7 Å². The van der Waals surface area contributed by atoms with E-state index in [0.29, 0.717) is 13.3 Å². The Hall–Kier alpha value is -1.66. The quantitative estimate of drug-likeness (QED) is 0.186. The fourth-order valence-corrected chi connectivity index (χ4v) is 6.03. The van der Waals surface area contributed by atoms with Gasteiger partial charge in [0.25, 0.3) is 0 Å². The molecule has 0 N–H and O–H groups in total. The predicted octanol–water partition coefficient (Wildman–Crippen LogP) is 5.49. The van der Waals surface area contributed by atoms with E-state index in [4.69, 9.17) is 19.4 Å². The molecule has 0 radical (unpaired) electrons. The van der Waals surface area contributed by atoms with Crippen LogP contribution in [0.25, 0.3) is 11.2 Å². The summed E-state index contributed by atoms with van der Waals surface area (Å²) in [5.74, 6) is 0.883. The van der Waals surface area contributed by atoms with Crippen LogP contribution in [-0.2, 0) is 16.2 Å². The molecule has 0 saturated carbocycles. The molecular formula is C25H38IN5O3Si. The fraction of sp³-hybridized carbons (Fsp3) is 0.640. The van der Waals surface area contributed by atoms with Gasteiger partial charge in [0.15, 0.2) is 5.65 Å². The molecule has 1 fully saturated rings. The molecule has 0 atom stereocenters. The smallest absolute Gasteiger partial charge is 0.411 e. The van der Waals surface area contributed by atoms with Crippen LogP contribution in [0.5, 0.6) is 0 Å². The molecule has 1 amide bonds. The fourth-order valence-electron chi connectivity index (χ4n) is 4.58. The number of carbonyl (C=O) groups is 1. The van der Waals surface area contributed by atoms with Crippen molar-refractivity contribution in [1.82, 2.24) is 19.4 Å². The lowest BCUT2D eigenvalue weighted by molar-refractivity contribution is 0.00812. The summed E-state index contributed by atoms with van der Waals surface area (Å²) in [7, 11) is -1.11.